The molecule has 4 atom stereocenters. The Morgan fingerprint density at radius 2 is 2.08 bits per heavy atom. The van der Waals surface area contributed by atoms with Gasteiger partial charge in [0.15, 0.2) is 5.69 Å². The average Bonchev–Trinajstić information content (AvgIpc) is 3.57. The molecule has 3 heterocycles. The van der Waals surface area contributed by atoms with Gasteiger partial charge in [-0.2, -0.15) is 0 Å². The van der Waals surface area contributed by atoms with E-state index in [-0.39, 0.29) is 23.6 Å². The Hall–Kier alpha value is -2.23. The lowest BCUT2D eigenvalue weighted by atomic mass is 9.81. The van der Waals surface area contributed by atoms with E-state index in [9.17, 15) is 9.59 Å². The predicted octanol–water partition coefficient (Wildman–Crippen LogP) is 4.06. The van der Waals surface area contributed by atoms with Crippen molar-refractivity contribution in [2.24, 2.45) is 23.5 Å². The van der Waals surface area contributed by atoms with E-state index in [1.165, 1.54) is 11.3 Å². The number of amides is 2. The standard InChI is InChI=1S/C28H43N5O3S/c1-19(2)17-32(18-24-8-5-11-37-24)23-9-10-33(28(35)25-12-20(3)36-31-25)26(14-23)27(34)30-16-22-7-4-6-21(13-22)15-29/h5,8,11-12,19,21-23,26H,4,6-7,9-10,13-18,29H2,1-3H3,(H,30,34)/t21?,22?,23?,26-/m1/s1. The summed E-state index contributed by atoms with van der Waals surface area (Å²) < 4.78 is 5.17. The van der Waals surface area contributed by atoms with Gasteiger partial charge in [-0.1, -0.05) is 31.5 Å². The first kappa shape index (κ1) is 27.8. The second kappa shape index (κ2) is 13.0. The molecule has 1 saturated heterocycles. The number of rotatable bonds is 10. The van der Waals surface area contributed by atoms with Crippen molar-refractivity contribution < 1.29 is 14.1 Å². The molecule has 0 spiro atoms. The topological polar surface area (TPSA) is 105 Å². The summed E-state index contributed by atoms with van der Waals surface area (Å²) in [6, 6.07) is 5.60. The second-order valence-corrected chi connectivity index (χ2v) is 12.3. The first-order valence-electron chi connectivity index (χ1n) is 13.8. The van der Waals surface area contributed by atoms with Gasteiger partial charge >= 0.3 is 0 Å². The Kier molecular flexibility index (Phi) is 9.78. The summed E-state index contributed by atoms with van der Waals surface area (Å²) in [6.45, 7) is 9.94. The molecule has 3 N–H and O–H groups in total. The minimum atomic E-state index is -0.532. The summed E-state index contributed by atoms with van der Waals surface area (Å²) in [5.41, 5.74) is 6.19. The molecule has 4 rings (SSSR count). The maximum Gasteiger partial charge on any atom is 0.276 e. The molecular weight excluding hydrogens is 486 g/mol. The summed E-state index contributed by atoms with van der Waals surface area (Å²) in [5.74, 6) is 1.80. The highest BCUT2D eigenvalue weighted by Gasteiger charge is 2.39. The van der Waals surface area contributed by atoms with Gasteiger partial charge in [-0.3, -0.25) is 14.5 Å². The van der Waals surface area contributed by atoms with Crippen molar-refractivity contribution in [2.75, 3.05) is 26.2 Å². The molecule has 2 amide bonds. The van der Waals surface area contributed by atoms with E-state index in [2.05, 4.69) is 46.7 Å². The SMILES string of the molecule is Cc1cc(C(=O)N2CCC(N(Cc3cccs3)CC(C)C)C[C@@H]2C(=O)NCC2CCCC(CN)C2)no1. The minimum absolute atomic E-state index is 0.0613. The molecule has 0 aromatic carbocycles. The van der Waals surface area contributed by atoms with Gasteiger partial charge in [0.05, 0.1) is 0 Å². The molecule has 1 aliphatic heterocycles. The van der Waals surface area contributed by atoms with Crippen molar-refractivity contribution in [2.45, 2.75) is 77.9 Å². The predicted molar refractivity (Wildman–Crippen MR) is 146 cm³/mol. The van der Waals surface area contributed by atoms with E-state index >= 15 is 0 Å². The van der Waals surface area contributed by atoms with Crippen LogP contribution in [0.25, 0.3) is 0 Å². The monoisotopic (exact) mass is 529 g/mol. The third kappa shape index (κ3) is 7.42. The van der Waals surface area contributed by atoms with Crippen LogP contribution in [0.5, 0.6) is 0 Å². The number of aromatic nitrogens is 1. The molecule has 204 valence electrons. The number of likely N-dealkylation sites (tertiary alicyclic amines) is 1. The van der Waals surface area contributed by atoms with Crippen molar-refractivity contribution in [3.05, 3.63) is 39.9 Å². The van der Waals surface area contributed by atoms with Crippen LogP contribution in [0.2, 0.25) is 0 Å². The molecule has 1 aliphatic carbocycles. The Bertz CT molecular complexity index is 1010. The summed E-state index contributed by atoms with van der Waals surface area (Å²) in [7, 11) is 0. The number of hydrogen-bond acceptors (Lipinski definition) is 7. The molecule has 0 bridgehead atoms. The number of nitrogens with one attached hydrogen (secondary N) is 1. The first-order chi connectivity index (χ1) is 17.8. The average molecular weight is 530 g/mol. The van der Waals surface area contributed by atoms with Crippen LogP contribution in [0.15, 0.2) is 28.1 Å². The number of carbonyl (C=O) groups excluding carboxylic acids is 2. The number of aryl methyl sites for hydroxylation is 1. The minimum Gasteiger partial charge on any atom is -0.361 e. The van der Waals surface area contributed by atoms with Gasteiger partial charge in [0.25, 0.3) is 5.91 Å². The highest BCUT2D eigenvalue weighted by atomic mass is 32.1. The molecule has 3 unspecified atom stereocenters. The molecule has 37 heavy (non-hydrogen) atoms. The van der Waals surface area contributed by atoms with Gasteiger partial charge in [0.1, 0.15) is 11.8 Å². The Balaban J connectivity index is 1.49. The van der Waals surface area contributed by atoms with Gasteiger partial charge < -0.3 is 20.5 Å². The van der Waals surface area contributed by atoms with E-state index in [0.29, 0.717) is 49.6 Å². The number of carbonyl (C=O) groups is 2. The van der Waals surface area contributed by atoms with E-state index in [4.69, 9.17) is 10.3 Å². The van der Waals surface area contributed by atoms with Gasteiger partial charge in [0.2, 0.25) is 5.91 Å². The third-order valence-electron chi connectivity index (χ3n) is 7.83. The smallest absolute Gasteiger partial charge is 0.276 e. The van der Waals surface area contributed by atoms with Crippen LogP contribution in [0.3, 0.4) is 0 Å². The number of piperidine rings is 1. The van der Waals surface area contributed by atoms with Gasteiger partial charge in [-0.15, -0.1) is 11.3 Å². The lowest BCUT2D eigenvalue weighted by Gasteiger charge is -2.43. The van der Waals surface area contributed by atoms with Crippen LogP contribution in [-0.4, -0.2) is 65.0 Å². The lowest BCUT2D eigenvalue weighted by molar-refractivity contribution is -0.128. The molecule has 2 fully saturated rings. The highest BCUT2D eigenvalue weighted by Crippen LogP contribution is 2.29. The van der Waals surface area contributed by atoms with E-state index in [1.807, 2.05) is 0 Å². The van der Waals surface area contributed by atoms with Crippen LogP contribution in [0.1, 0.15) is 73.5 Å². The second-order valence-electron chi connectivity index (χ2n) is 11.3. The van der Waals surface area contributed by atoms with Crippen molar-refractivity contribution in [1.29, 1.82) is 0 Å². The van der Waals surface area contributed by atoms with Crippen LogP contribution >= 0.6 is 11.3 Å². The van der Waals surface area contributed by atoms with E-state index in [1.54, 1.807) is 29.2 Å². The number of thiophene rings is 1. The third-order valence-corrected chi connectivity index (χ3v) is 8.69. The first-order valence-corrected chi connectivity index (χ1v) is 14.7. The van der Waals surface area contributed by atoms with Crippen molar-refractivity contribution in [3.63, 3.8) is 0 Å². The zero-order valence-corrected chi connectivity index (χ0v) is 23.3. The normalized spacial score (nSPS) is 24.5. The maximum atomic E-state index is 13.7. The molecule has 9 heteroatoms. The maximum absolute atomic E-state index is 13.7. The van der Waals surface area contributed by atoms with Gasteiger partial charge in [-0.25, -0.2) is 0 Å². The molecule has 8 nitrogen and oxygen atoms in total. The largest absolute Gasteiger partial charge is 0.361 e. The van der Waals surface area contributed by atoms with Crippen molar-refractivity contribution in [3.8, 4) is 0 Å². The summed E-state index contributed by atoms with van der Waals surface area (Å²) in [6.07, 6.45) is 5.97. The van der Waals surface area contributed by atoms with Crippen LogP contribution < -0.4 is 11.1 Å². The molecule has 0 radical (unpaired) electrons. The fourth-order valence-electron chi connectivity index (χ4n) is 5.96. The van der Waals surface area contributed by atoms with Crippen LogP contribution in [0, 0.1) is 24.7 Å². The quantitative estimate of drug-likeness (QED) is 0.481. The Labute approximate surface area is 224 Å². The Morgan fingerprint density at radius 3 is 2.76 bits per heavy atom. The summed E-state index contributed by atoms with van der Waals surface area (Å²) in [4.78, 5) is 32.6. The molecule has 2 aromatic heterocycles. The zero-order valence-electron chi connectivity index (χ0n) is 22.5. The Morgan fingerprint density at radius 1 is 1.27 bits per heavy atom. The number of nitrogens with two attached hydrogens (primary N) is 1. The van der Waals surface area contributed by atoms with Crippen molar-refractivity contribution >= 4 is 23.2 Å². The number of nitrogens with zero attached hydrogens (tertiary/aromatic N) is 3. The van der Waals surface area contributed by atoms with Crippen LogP contribution in [-0.2, 0) is 11.3 Å². The van der Waals surface area contributed by atoms with Gasteiger partial charge in [0, 0.05) is 43.2 Å². The zero-order chi connectivity index (χ0) is 26.4. The molecular formula is C28H43N5O3S. The van der Waals surface area contributed by atoms with E-state index in [0.717, 1.165) is 38.8 Å². The number of hydrogen-bond donors (Lipinski definition) is 2. The fourth-order valence-corrected chi connectivity index (χ4v) is 6.69. The fraction of sp³-hybridized carbons (Fsp3) is 0.679. The summed E-state index contributed by atoms with van der Waals surface area (Å²) in [5, 5.41) is 9.28. The molecule has 2 aromatic rings. The molecule has 1 saturated carbocycles. The van der Waals surface area contributed by atoms with Crippen molar-refractivity contribution in [1.82, 2.24) is 20.3 Å². The highest BCUT2D eigenvalue weighted by molar-refractivity contribution is 7.09. The lowest BCUT2D eigenvalue weighted by Crippen LogP contribution is -2.58. The van der Waals surface area contributed by atoms with E-state index < -0.39 is 6.04 Å². The molecule has 2 aliphatic rings. The van der Waals surface area contributed by atoms with Gasteiger partial charge in [-0.05, 0) is 74.8 Å². The van der Waals surface area contributed by atoms with Crippen LogP contribution in [0.4, 0.5) is 0 Å². The summed E-state index contributed by atoms with van der Waals surface area (Å²) >= 11 is 1.77.